The van der Waals surface area contributed by atoms with E-state index in [0.29, 0.717) is 16.5 Å². The number of halogens is 1. The topological polar surface area (TPSA) is 100 Å². The summed E-state index contributed by atoms with van der Waals surface area (Å²) in [4.78, 5) is 10.9. The fourth-order valence-electron chi connectivity index (χ4n) is 4.23. The van der Waals surface area contributed by atoms with Crippen molar-refractivity contribution >= 4 is 29.2 Å². The molecule has 5 N–H and O–H groups in total. The second-order valence-electron chi connectivity index (χ2n) is 7.33. The molecule has 7 heteroatoms. The molecule has 1 unspecified atom stereocenters. The first-order valence-corrected chi connectivity index (χ1v) is 9.90. The van der Waals surface area contributed by atoms with Gasteiger partial charge in [-0.05, 0) is 49.4 Å². The first-order chi connectivity index (χ1) is 13.5. The third-order valence-electron chi connectivity index (χ3n) is 5.49. The van der Waals surface area contributed by atoms with Crippen molar-refractivity contribution in [2.75, 3.05) is 4.90 Å². The monoisotopic (exact) mass is 397 g/mol. The molecular formula is C21H24ClN5O. The van der Waals surface area contributed by atoms with Crippen molar-refractivity contribution in [3.63, 3.8) is 0 Å². The average Bonchev–Trinajstić information content (AvgIpc) is 2.69. The Kier molecular flexibility index (Phi) is 5.00. The lowest BCUT2D eigenvalue weighted by Gasteiger charge is -2.46. The average molecular weight is 398 g/mol. The van der Waals surface area contributed by atoms with Gasteiger partial charge in [0.2, 0.25) is 11.9 Å². The van der Waals surface area contributed by atoms with Gasteiger partial charge in [0, 0.05) is 10.6 Å². The van der Waals surface area contributed by atoms with Gasteiger partial charge in [0.05, 0.1) is 5.69 Å². The van der Waals surface area contributed by atoms with Crippen LogP contribution in [0.25, 0.3) is 0 Å². The Bertz CT molecular complexity index is 922. The first-order valence-electron chi connectivity index (χ1n) is 9.52. The Morgan fingerprint density at radius 1 is 1.04 bits per heavy atom. The molecule has 0 amide bonds. The number of nitrogens with two attached hydrogens (primary N) is 2. The number of rotatable bonds is 3. The van der Waals surface area contributed by atoms with Crippen LogP contribution in [0.2, 0.25) is 5.02 Å². The van der Waals surface area contributed by atoms with E-state index < -0.39 is 11.8 Å². The van der Waals surface area contributed by atoms with Crippen LogP contribution in [-0.4, -0.2) is 22.7 Å². The number of aliphatic imine (C=N–C) groups is 2. The molecular weight excluding hydrogens is 374 g/mol. The molecule has 1 atom stereocenters. The van der Waals surface area contributed by atoms with Crippen LogP contribution in [0.3, 0.4) is 0 Å². The lowest BCUT2D eigenvalue weighted by molar-refractivity contribution is 0.219. The summed E-state index contributed by atoms with van der Waals surface area (Å²) < 4.78 is 0. The van der Waals surface area contributed by atoms with Crippen LogP contribution in [0, 0.1) is 0 Å². The maximum atomic E-state index is 11.1. The second-order valence-corrected chi connectivity index (χ2v) is 7.77. The molecule has 1 saturated carbocycles. The van der Waals surface area contributed by atoms with Gasteiger partial charge in [-0.15, -0.1) is 0 Å². The maximum Gasteiger partial charge on any atom is 0.220 e. The Hall–Kier alpha value is -2.57. The molecule has 1 heterocycles. The van der Waals surface area contributed by atoms with Crippen LogP contribution in [0.4, 0.5) is 5.69 Å². The Labute approximate surface area is 169 Å². The van der Waals surface area contributed by atoms with Crippen LogP contribution >= 0.6 is 11.6 Å². The molecule has 146 valence electrons. The number of aliphatic hydroxyl groups is 1. The second kappa shape index (κ2) is 7.45. The largest absolute Gasteiger partial charge is 0.384 e. The molecule has 2 aromatic carbocycles. The van der Waals surface area contributed by atoms with Crippen molar-refractivity contribution in [1.82, 2.24) is 0 Å². The fourth-order valence-corrected chi connectivity index (χ4v) is 4.41. The van der Waals surface area contributed by atoms with E-state index in [1.54, 1.807) is 12.1 Å². The molecule has 4 rings (SSSR count). The van der Waals surface area contributed by atoms with Crippen molar-refractivity contribution in [1.29, 1.82) is 0 Å². The van der Waals surface area contributed by atoms with E-state index in [1.165, 1.54) is 0 Å². The summed E-state index contributed by atoms with van der Waals surface area (Å²) >= 11 is 6.29. The molecule has 0 bridgehead atoms. The quantitative estimate of drug-likeness (QED) is 0.737. The number of guanidine groups is 2. The van der Waals surface area contributed by atoms with Gasteiger partial charge in [-0.3, -0.25) is 4.90 Å². The van der Waals surface area contributed by atoms with E-state index in [9.17, 15) is 5.11 Å². The van der Waals surface area contributed by atoms with Gasteiger partial charge < -0.3 is 16.6 Å². The van der Waals surface area contributed by atoms with E-state index in [0.717, 1.165) is 43.4 Å². The van der Waals surface area contributed by atoms with Gasteiger partial charge in [-0.25, -0.2) is 4.99 Å². The summed E-state index contributed by atoms with van der Waals surface area (Å²) in [6, 6.07) is 14.9. The predicted molar refractivity (Wildman–Crippen MR) is 113 cm³/mol. The van der Waals surface area contributed by atoms with Gasteiger partial charge in [0.1, 0.15) is 11.8 Å². The van der Waals surface area contributed by atoms with Gasteiger partial charge >= 0.3 is 0 Å². The third-order valence-corrected chi connectivity index (χ3v) is 5.73. The minimum absolute atomic E-state index is 0.203. The summed E-state index contributed by atoms with van der Waals surface area (Å²) in [7, 11) is 0. The van der Waals surface area contributed by atoms with Gasteiger partial charge in [0.15, 0.2) is 0 Å². The minimum Gasteiger partial charge on any atom is -0.384 e. The number of aliphatic hydroxyl groups excluding tert-OH is 1. The summed E-state index contributed by atoms with van der Waals surface area (Å²) in [5, 5.41) is 11.7. The zero-order chi connectivity index (χ0) is 19.7. The molecule has 1 fully saturated rings. The molecule has 28 heavy (non-hydrogen) atoms. The zero-order valence-corrected chi connectivity index (χ0v) is 16.3. The van der Waals surface area contributed by atoms with Gasteiger partial charge in [0.25, 0.3) is 0 Å². The van der Waals surface area contributed by atoms with E-state index in [2.05, 4.69) is 4.99 Å². The van der Waals surface area contributed by atoms with Crippen molar-refractivity contribution in [2.45, 2.75) is 43.9 Å². The molecule has 0 radical (unpaired) electrons. The maximum absolute atomic E-state index is 11.1. The van der Waals surface area contributed by atoms with Crippen LogP contribution in [0.1, 0.15) is 49.3 Å². The molecule has 1 aliphatic carbocycles. The highest BCUT2D eigenvalue weighted by atomic mass is 35.5. The van der Waals surface area contributed by atoms with Crippen LogP contribution in [0.15, 0.2) is 58.5 Å². The lowest BCUT2D eigenvalue weighted by atomic mass is 9.86. The van der Waals surface area contributed by atoms with Crippen molar-refractivity contribution < 1.29 is 5.11 Å². The standard InChI is InChI=1S/C21H24ClN5O/c22-15-9-10-17(16(13-15)18(28)14-7-3-1-4-8-14)27-20(24)25-19(23)26-21(27)11-5-2-6-12-21/h1,3-4,7-10,13,18,28H,2,5-6,11-12H2,(H4,23,24,25,26). The van der Waals surface area contributed by atoms with Crippen molar-refractivity contribution in [3.05, 3.63) is 64.7 Å². The first kappa shape index (κ1) is 18.8. The SMILES string of the molecule is NC1=NC2(CCCCC2)N(c2ccc(Cl)cc2C(O)c2ccccc2)C(N)=N1. The minimum atomic E-state index is -0.855. The zero-order valence-electron chi connectivity index (χ0n) is 15.6. The van der Waals surface area contributed by atoms with Crippen molar-refractivity contribution in [2.24, 2.45) is 21.5 Å². The van der Waals surface area contributed by atoms with E-state index in [-0.39, 0.29) is 5.96 Å². The Morgan fingerprint density at radius 3 is 2.46 bits per heavy atom. The number of hydrogen-bond donors (Lipinski definition) is 3. The number of benzene rings is 2. The van der Waals surface area contributed by atoms with E-state index >= 15 is 0 Å². The Balaban J connectivity index is 1.85. The summed E-state index contributed by atoms with van der Waals surface area (Å²) in [6.45, 7) is 0. The molecule has 2 aromatic rings. The highest BCUT2D eigenvalue weighted by Crippen LogP contribution is 2.43. The fraction of sp³-hybridized carbons (Fsp3) is 0.333. The molecule has 6 nitrogen and oxygen atoms in total. The predicted octanol–water partition coefficient (Wildman–Crippen LogP) is 3.53. The van der Waals surface area contributed by atoms with E-state index in [1.807, 2.05) is 41.3 Å². The molecule has 0 saturated heterocycles. The summed E-state index contributed by atoms with van der Waals surface area (Å²) in [5.41, 5.74) is 13.9. The number of nitrogens with zero attached hydrogens (tertiary/aromatic N) is 3. The number of hydrogen-bond acceptors (Lipinski definition) is 6. The van der Waals surface area contributed by atoms with Crippen LogP contribution in [-0.2, 0) is 0 Å². The van der Waals surface area contributed by atoms with E-state index in [4.69, 9.17) is 28.1 Å². The van der Waals surface area contributed by atoms with Gasteiger partial charge in [-0.2, -0.15) is 4.99 Å². The summed E-state index contributed by atoms with van der Waals surface area (Å²) in [6.07, 6.45) is 4.02. The molecule has 0 aromatic heterocycles. The number of anilines is 1. The molecule has 2 aliphatic rings. The van der Waals surface area contributed by atoms with Crippen molar-refractivity contribution in [3.8, 4) is 0 Å². The Morgan fingerprint density at radius 2 is 1.75 bits per heavy atom. The van der Waals surface area contributed by atoms with Gasteiger partial charge in [-0.1, -0.05) is 48.4 Å². The highest BCUT2D eigenvalue weighted by molar-refractivity contribution is 6.30. The van der Waals surface area contributed by atoms with Crippen LogP contribution in [0.5, 0.6) is 0 Å². The van der Waals surface area contributed by atoms with Crippen LogP contribution < -0.4 is 16.4 Å². The molecule has 1 aliphatic heterocycles. The molecule has 1 spiro atoms. The summed E-state index contributed by atoms with van der Waals surface area (Å²) in [5.74, 6) is 0.494. The smallest absolute Gasteiger partial charge is 0.220 e. The highest BCUT2D eigenvalue weighted by Gasteiger charge is 2.43. The third kappa shape index (κ3) is 3.34. The lowest BCUT2D eigenvalue weighted by Crippen LogP contribution is -2.58. The normalized spacial score (nSPS) is 19.9.